The van der Waals surface area contributed by atoms with Crippen molar-refractivity contribution in [1.29, 1.82) is 0 Å². The third kappa shape index (κ3) is 14.3. The molecule has 1 heterocycles. The van der Waals surface area contributed by atoms with E-state index in [-0.39, 0.29) is 12.3 Å². The topological polar surface area (TPSA) is 69.7 Å². The molecule has 0 fully saturated rings. The van der Waals surface area contributed by atoms with Gasteiger partial charge in [0.05, 0.1) is 44.5 Å². The van der Waals surface area contributed by atoms with E-state index in [1.54, 1.807) is 6.07 Å². The number of Topliss-reactive ketones (excluding diaryl/α,β-unsaturated/α-hetero) is 1. The van der Waals surface area contributed by atoms with Crippen molar-refractivity contribution in [3.63, 3.8) is 0 Å². The number of alkyl halides is 24. The Morgan fingerprint density at radius 3 is 1.05 bits per heavy atom. The number of hydrogen-bond acceptors (Lipinski definition) is 2. The minimum absolute atomic E-state index is 0.0365. The number of halogens is 24. The van der Waals surface area contributed by atoms with Crippen LogP contribution in [-0.4, -0.2) is 11.9 Å². The Bertz CT molecular complexity index is 3410. The van der Waals surface area contributed by atoms with Crippen molar-refractivity contribution >= 4 is 50.4 Å². The SMILES string of the molecule is FC(F)(F)c1cc([B-](c2cc(C(F)(F)F)cc(C(F)(F)F)c2)(c2cc(C(F)(F)F)cc(C(F)(F)F)c2)c2cc(C(F)(F)F)cc(C(F)(F)F)c2)cc(C(F)(F)F)c1.[N-]=[N+]=Nc1cccc(-c2ccc3ccccc3[n+]2CC(=O)c2ccccc2)c1. The maximum atomic E-state index is 14.2. The number of fused-ring (bicyclic) bond motifs is 1. The van der Waals surface area contributed by atoms with Crippen LogP contribution in [0.3, 0.4) is 0 Å². The second kappa shape index (κ2) is 22.7. The number of ketones is 1. The molecule has 0 aliphatic carbocycles. The number of nitrogens with zero attached hydrogens (tertiary/aromatic N) is 4. The lowest BCUT2D eigenvalue weighted by Gasteiger charge is -2.46. The van der Waals surface area contributed by atoms with E-state index in [1.165, 1.54) is 0 Å². The number of rotatable bonds is 9. The van der Waals surface area contributed by atoms with Gasteiger partial charge >= 0.3 is 49.4 Å². The zero-order valence-corrected chi connectivity index (χ0v) is 41.6. The molecular weight excluding hydrogens is 1200 g/mol. The summed E-state index contributed by atoms with van der Waals surface area (Å²) in [5.74, 6) is 0.0365. The number of aromatic nitrogens is 1. The molecule has 8 aromatic rings. The van der Waals surface area contributed by atoms with Crippen molar-refractivity contribution in [2.75, 3.05) is 0 Å². The van der Waals surface area contributed by atoms with Crippen molar-refractivity contribution in [1.82, 2.24) is 0 Å². The highest BCUT2D eigenvalue weighted by Gasteiger charge is 2.47. The molecule has 85 heavy (non-hydrogen) atoms. The van der Waals surface area contributed by atoms with Crippen LogP contribution in [-0.2, 0) is 56.0 Å². The summed E-state index contributed by atoms with van der Waals surface area (Å²) in [5.41, 5.74) is -17.5. The second-order valence-corrected chi connectivity index (χ2v) is 18.6. The van der Waals surface area contributed by atoms with Gasteiger partial charge in [-0.2, -0.15) is 132 Å². The van der Waals surface area contributed by atoms with Gasteiger partial charge in [0.25, 0.3) is 0 Å². The number of carbonyl (C=O) groups is 1. The smallest absolute Gasteiger partial charge is 0.287 e. The monoisotopic (exact) mass is 1230 g/mol. The Morgan fingerprint density at radius 1 is 0.388 bits per heavy atom. The lowest BCUT2D eigenvalue weighted by molar-refractivity contribution is -0.646. The maximum Gasteiger partial charge on any atom is 0.416 e. The van der Waals surface area contributed by atoms with Crippen LogP contribution < -0.4 is 26.4 Å². The van der Waals surface area contributed by atoms with Gasteiger partial charge in [0.1, 0.15) is 6.15 Å². The van der Waals surface area contributed by atoms with E-state index in [1.807, 2.05) is 89.5 Å². The maximum absolute atomic E-state index is 14.2. The molecule has 0 radical (unpaired) electrons. The van der Waals surface area contributed by atoms with E-state index < -0.39 is 195 Å². The van der Waals surface area contributed by atoms with Crippen LogP contribution >= 0.6 is 0 Å². The Balaban J connectivity index is 0.000000306. The first-order valence-electron chi connectivity index (χ1n) is 23.5. The molecule has 446 valence electrons. The van der Waals surface area contributed by atoms with Gasteiger partial charge in [-0.15, -0.1) is 0 Å². The minimum Gasteiger partial charge on any atom is -0.287 e. The van der Waals surface area contributed by atoms with E-state index in [0.29, 0.717) is 11.3 Å². The van der Waals surface area contributed by atoms with Gasteiger partial charge in [-0.25, -0.2) is 0 Å². The van der Waals surface area contributed by atoms with Crippen LogP contribution in [0.15, 0.2) is 169 Å². The van der Waals surface area contributed by atoms with Gasteiger partial charge < -0.3 is 0 Å². The number of carbonyl (C=O) groups excluding carboxylic acids is 1. The largest absolute Gasteiger partial charge is 0.416 e. The minimum atomic E-state index is -6.13. The molecule has 0 unspecified atom stereocenters. The summed E-state index contributed by atoms with van der Waals surface area (Å²) in [5, 5.41) is 4.75. The molecule has 0 aliphatic heterocycles. The molecule has 1 aromatic heterocycles. The summed E-state index contributed by atoms with van der Waals surface area (Å²) in [4.78, 5) is 15.8. The standard InChI is InChI=1S/C32H12BF24.C23H17N4O/c34-25(35,36)13-1-14(26(37,38)39)6-21(5-13)33(22-7-15(27(40,41)42)2-16(8-22)28(43,44)45,23-9-17(29(46,47)48)3-18(10-23)30(49,50)51)24-11-19(31(52,53)54)4-20(12-24)32(55,56)57;24-26-25-20-11-6-10-19(15-20)22-14-13-17-7-4-5-12-21(17)27(22)16-23(28)18-8-2-1-3-9-18/h1-12H;1-15H,16H2/q-1;+1. The van der Waals surface area contributed by atoms with Crippen molar-refractivity contribution in [3.8, 4) is 11.3 Å². The molecule has 0 spiro atoms. The van der Waals surface area contributed by atoms with Gasteiger partial charge in [-0.05, 0) is 54.1 Å². The first kappa shape index (κ1) is 63.9. The molecule has 0 aliphatic rings. The van der Waals surface area contributed by atoms with Gasteiger partial charge in [-0.1, -0.05) is 108 Å². The Morgan fingerprint density at radius 2 is 0.718 bits per heavy atom. The Hall–Kier alpha value is -8.69. The molecule has 7 aromatic carbocycles. The summed E-state index contributed by atoms with van der Waals surface area (Å²) < 4.78 is 343. The van der Waals surface area contributed by atoms with Crippen LogP contribution in [0.2, 0.25) is 0 Å². The highest BCUT2D eigenvalue weighted by molar-refractivity contribution is 7.20. The number of para-hydroxylation sites is 1. The predicted octanol–water partition coefficient (Wildman–Crippen LogP) is 16.8. The van der Waals surface area contributed by atoms with Gasteiger partial charge in [0.15, 0.2) is 0 Å². The third-order valence-electron chi connectivity index (χ3n) is 13.1. The quantitative estimate of drug-likeness (QED) is 0.0270. The van der Waals surface area contributed by atoms with Crippen molar-refractivity contribution in [3.05, 3.63) is 224 Å². The predicted molar refractivity (Wildman–Crippen MR) is 259 cm³/mol. The first-order valence-corrected chi connectivity index (χ1v) is 23.5. The molecule has 0 saturated carbocycles. The molecular formula is C55H29BF24N4O. The zero-order valence-electron chi connectivity index (χ0n) is 41.6. The molecule has 8 rings (SSSR count). The van der Waals surface area contributed by atoms with Crippen LogP contribution in [0.4, 0.5) is 111 Å². The van der Waals surface area contributed by atoms with E-state index in [2.05, 4.69) is 10.0 Å². The number of benzene rings is 7. The average molecular weight is 1230 g/mol. The lowest BCUT2D eigenvalue weighted by Crippen LogP contribution is -2.75. The van der Waals surface area contributed by atoms with Crippen LogP contribution in [0.25, 0.3) is 32.6 Å². The fourth-order valence-corrected chi connectivity index (χ4v) is 9.39. The Kier molecular flexibility index (Phi) is 17.1. The normalized spacial score (nSPS) is 13.0. The highest BCUT2D eigenvalue weighted by atomic mass is 19.4. The number of hydrogen-bond donors (Lipinski definition) is 0. The summed E-state index contributed by atoms with van der Waals surface area (Å²) in [6.45, 7) is 0.215. The van der Waals surface area contributed by atoms with Crippen LogP contribution in [0.1, 0.15) is 54.9 Å². The Labute approximate surface area is 460 Å². The summed E-state index contributed by atoms with van der Waals surface area (Å²) in [6.07, 6.45) is -54.8. The van der Waals surface area contributed by atoms with Crippen LogP contribution in [0, 0.1) is 0 Å². The number of pyridine rings is 1. The lowest BCUT2D eigenvalue weighted by atomic mass is 9.12. The van der Waals surface area contributed by atoms with Gasteiger partial charge in [0, 0.05) is 39.2 Å². The zero-order chi connectivity index (χ0) is 63.3. The molecule has 0 saturated heterocycles. The summed E-state index contributed by atoms with van der Waals surface area (Å²) in [7, 11) is 0. The summed E-state index contributed by atoms with van der Waals surface area (Å²) in [6, 6.07) is 19.9. The fraction of sp³-hybridized carbons (Fsp3) is 0.164. The average Bonchev–Trinajstić information content (AvgIpc) is 0.745. The van der Waals surface area contributed by atoms with Crippen molar-refractivity contribution < 1.29 is 115 Å². The van der Waals surface area contributed by atoms with E-state index in [0.717, 1.165) is 22.2 Å². The van der Waals surface area contributed by atoms with Gasteiger partial charge in [-0.3, -0.25) is 4.79 Å². The molecule has 0 atom stereocenters. The summed E-state index contributed by atoms with van der Waals surface area (Å²) >= 11 is 0. The van der Waals surface area contributed by atoms with E-state index in [9.17, 15) is 110 Å². The second-order valence-electron chi connectivity index (χ2n) is 18.6. The number of azide groups is 1. The first-order chi connectivity index (χ1) is 39.0. The van der Waals surface area contributed by atoms with Gasteiger partial charge in [0.2, 0.25) is 23.5 Å². The molecule has 0 amide bonds. The van der Waals surface area contributed by atoms with E-state index in [4.69, 9.17) is 5.53 Å². The van der Waals surface area contributed by atoms with Crippen molar-refractivity contribution in [2.24, 2.45) is 5.11 Å². The van der Waals surface area contributed by atoms with Crippen molar-refractivity contribution in [2.45, 2.75) is 56.0 Å². The molecule has 5 nitrogen and oxygen atoms in total. The highest BCUT2D eigenvalue weighted by Crippen LogP contribution is 2.42. The molecule has 0 N–H and O–H groups in total. The molecule has 30 heteroatoms. The fourth-order valence-electron chi connectivity index (χ4n) is 9.39. The van der Waals surface area contributed by atoms with E-state index >= 15 is 0 Å². The van der Waals surface area contributed by atoms with Crippen LogP contribution in [0.5, 0.6) is 0 Å². The third-order valence-corrected chi connectivity index (χ3v) is 13.1. The molecule has 0 bridgehead atoms.